The Morgan fingerprint density at radius 1 is 1.09 bits per heavy atom. The maximum absolute atomic E-state index is 12.6. The van der Waals surface area contributed by atoms with Gasteiger partial charge in [0.15, 0.2) is 22.8 Å². The molecule has 1 aliphatic heterocycles. The van der Waals surface area contributed by atoms with Gasteiger partial charge in [0.25, 0.3) is 0 Å². The molecule has 0 bridgehead atoms. The van der Waals surface area contributed by atoms with E-state index in [0.29, 0.717) is 12.2 Å². The van der Waals surface area contributed by atoms with Crippen LogP contribution in [0.1, 0.15) is 39.3 Å². The van der Waals surface area contributed by atoms with Gasteiger partial charge in [-0.25, -0.2) is 28.6 Å². The number of rotatable bonds is 21. The summed E-state index contributed by atoms with van der Waals surface area (Å²) in [6.07, 6.45) is -1.31. The molecular formula is C26H40N7O17P3S. The molecule has 1 fully saturated rings. The van der Waals surface area contributed by atoms with Crippen LogP contribution in [0.2, 0.25) is 0 Å². The Bertz CT molecular complexity index is 1840. The van der Waals surface area contributed by atoms with Crippen molar-refractivity contribution in [3.05, 3.63) is 12.7 Å². The number of phosphoric acid groups is 3. The smallest absolute Gasteiger partial charge is 0.386 e. The van der Waals surface area contributed by atoms with Crippen molar-refractivity contribution in [2.45, 2.75) is 63.8 Å². The molecule has 2 amide bonds. The van der Waals surface area contributed by atoms with Crippen LogP contribution < -0.4 is 16.4 Å². The van der Waals surface area contributed by atoms with E-state index in [1.807, 2.05) is 0 Å². The van der Waals surface area contributed by atoms with Crippen molar-refractivity contribution in [1.29, 1.82) is 0 Å². The van der Waals surface area contributed by atoms with Crippen molar-refractivity contribution in [2.75, 3.05) is 37.8 Å². The molecule has 0 aromatic carbocycles. The third-order valence-electron chi connectivity index (χ3n) is 7.24. The number of fused-ring (bicyclic) bond motifs is 1. The lowest BCUT2D eigenvalue weighted by Gasteiger charge is -2.30. The maximum atomic E-state index is 12.6. The molecule has 3 heterocycles. The summed E-state index contributed by atoms with van der Waals surface area (Å²) in [5, 5.41) is 26.1. The summed E-state index contributed by atoms with van der Waals surface area (Å²) >= 11 is 1.01. The number of nitrogens with zero attached hydrogens (tertiary/aromatic N) is 4. The highest BCUT2D eigenvalue weighted by molar-refractivity contribution is 8.13. The number of anilines is 1. The fourth-order valence-corrected chi connectivity index (χ4v) is 8.05. The minimum absolute atomic E-state index is 0.0279. The number of hydrogen-bond acceptors (Lipinski definition) is 18. The van der Waals surface area contributed by atoms with E-state index in [9.17, 15) is 57.9 Å². The number of terminal acetylenes is 1. The maximum Gasteiger partial charge on any atom is 0.481 e. The van der Waals surface area contributed by atoms with Gasteiger partial charge in [-0.3, -0.25) is 32.5 Å². The molecular weight excluding hydrogens is 807 g/mol. The number of imidazole rings is 1. The average molecular weight is 848 g/mol. The molecule has 0 radical (unpaired) electrons. The van der Waals surface area contributed by atoms with E-state index in [1.54, 1.807) is 0 Å². The van der Waals surface area contributed by atoms with Gasteiger partial charge >= 0.3 is 23.5 Å². The standard InChI is InChI=1S/C26H40N7O17P3S/c1-4-5-6-17(35)54-10-9-28-16(34)7-8-29-24(38)21(37)26(2,3)12-47-53(44,45)50-52(42,43)46-11-15-20(49-51(39,40)41)19(36)25(48-15)33-14-32-18-22(27)30-13-31-23(18)33/h1,13-15,19-21,25,36-37H,5-12H2,2-3H3,(H,28,34)(H,29,38)(H,42,43)(H,44,45)(H2,27,30,31)(H2,39,40,41)/t15-,19-,20+,21+,25-/m1/s1. The first-order valence-corrected chi connectivity index (χ1v) is 21.0. The van der Waals surface area contributed by atoms with Gasteiger partial charge in [-0.2, -0.15) is 4.31 Å². The van der Waals surface area contributed by atoms with Gasteiger partial charge in [0.05, 0.1) is 19.5 Å². The molecule has 3 rings (SSSR count). The molecule has 28 heteroatoms. The Morgan fingerprint density at radius 3 is 2.44 bits per heavy atom. The van der Waals surface area contributed by atoms with E-state index in [-0.39, 0.29) is 48.0 Å². The van der Waals surface area contributed by atoms with Crippen molar-refractivity contribution < 1.29 is 80.5 Å². The largest absolute Gasteiger partial charge is 0.481 e. The van der Waals surface area contributed by atoms with E-state index in [2.05, 4.69) is 40.3 Å². The highest BCUT2D eigenvalue weighted by Crippen LogP contribution is 2.61. The molecule has 2 aromatic rings. The van der Waals surface area contributed by atoms with Crippen molar-refractivity contribution in [3.63, 3.8) is 0 Å². The summed E-state index contributed by atoms with van der Waals surface area (Å²) in [6, 6.07) is 0. The zero-order chi connectivity index (χ0) is 40.5. The average Bonchev–Trinajstić information content (AvgIpc) is 3.63. The second-order valence-electron chi connectivity index (χ2n) is 12.0. The van der Waals surface area contributed by atoms with Crippen LogP contribution >= 0.6 is 35.2 Å². The fourth-order valence-electron chi connectivity index (χ4n) is 4.54. The lowest BCUT2D eigenvalue weighted by molar-refractivity contribution is -0.137. The quantitative estimate of drug-likeness (QED) is 0.0416. The third-order valence-corrected chi connectivity index (χ3v) is 11.3. The topological polar surface area (TPSA) is 364 Å². The molecule has 10 N–H and O–H groups in total. The normalized spacial score (nSPS) is 21.8. The number of aromatic nitrogens is 4. The van der Waals surface area contributed by atoms with Gasteiger partial charge in [0, 0.05) is 43.5 Å². The van der Waals surface area contributed by atoms with Gasteiger partial charge in [-0.15, -0.1) is 12.3 Å². The molecule has 7 atom stereocenters. The van der Waals surface area contributed by atoms with Gasteiger partial charge in [-0.1, -0.05) is 25.6 Å². The van der Waals surface area contributed by atoms with Crippen LogP contribution in [-0.4, -0.2) is 123 Å². The number of aliphatic hydroxyl groups is 2. The summed E-state index contributed by atoms with van der Waals surface area (Å²) in [4.78, 5) is 86.9. The van der Waals surface area contributed by atoms with Crippen LogP contribution in [0, 0.1) is 17.8 Å². The number of nitrogen functional groups attached to an aromatic ring is 1. The first-order valence-electron chi connectivity index (χ1n) is 15.5. The number of nitrogens with two attached hydrogens (primary N) is 1. The van der Waals surface area contributed by atoms with E-state index in [0.717, 1.165) is 29.0 Å². The van der Waals surface area contributed by atoms with Crippen LogP contribution in [0.25, 0.3) is 11.2 Å². The van der Waals surface area contributed by atoms with Crippen LogP contribution in [0.5, 0.6) is 0 Å². The van der Waals surface area contributed by atoms with Crippen LogP contribution in [0.4, 0.5) is 5.82 Å². The second kappa shape index (κ2) is 19.3. The van der Waals surface area contributed by atoms with Crippen molar-refractivity contribution >= 4 is 69.1 Å². The van der Waals surface area contributed by atoms with Crippen LogP contribution in [-0.2, 0) is 50.7 Å². The molecule has 1 aliphatic rings. The lowest BCUT2D eigenvalue weighted by Crippen LogP contribution is -2.46. The Balaban J connectivity index is 1.51. The van der Waals surface area contributed by atoms with E-state index in [1.165, 1.54) is 13.8 Å². The number of phosphoric ester groups is 3. The Morgan fingerprint density at radius 2 is 1.78 bits per heavy atom. The Labute approximate surface area is 311 Å². The van der Waals surface area contributed by atoms with Crippen LogP contribution in [0.15, 0.2) is 12.7 Å². The molecule has 302 valence electrons. The van der Waals surface area contributed by atoms with Gasteiger partial charge in [0.1, 0.15) is 36.3 Å². The van der Waals surface area contributed by atoms with Gasteiger partial charge in [0.2, 0.25) is 11.8 Å². The second-order valence-corrected chi connectivity index (χ2v) is 17.4. The number of aliphatic hydroxyl groups excluding tert-OH is 2. The summed E-state index contributed by atoms with van der Waals surface area (Å²) in [5.74, 6) is 1.19. The number of nitrogens with one attached hydrogen (secondary N) is 2. The fraction of sp³-hybridized carbons (Fsp3) is 0.615. The SMILES string of the molecule is C#CCCC(=O)SCCNC(=O)CCNC(=O)[C@H](O)C(C)(C)COP(=O)(O)OP(=O)(O)OC[C@H]1O[C@@H](n2cnc3c(N)ncnc32)[C@H](O)[C@H]1OP(=O)(O)O. The molecule has 0 saturated carbocycles. The summed E-state index contributed by atoms with van der Waals surface area (Å²) in [6.45, 7) is 0.435. The molecule has 2 unspecified atom stereocenters. The first-order chi connectivity index (χ1) is 25.1. The van der Waals surface area contributed by atoms with E-state index in [4.69, 9.17) is 25.9 Å². The number of thioether (sulfide) groups is 1. The Kier molecular flexibility index (Phi) is 16.3. The predicted molar refractivity (Wildman–Crippen MR) is 185 cm³/mol. The minimum atomic E-state index is -5.57. The van der Waals surface area contributed by atoms with E-state index >= 15 is 0 Å². The summed E-state index contributed by atoms with van der Waals surface area (Å²) in [7, 11) is -16.4. The summed E-state index contributed by atoms with van der Waals surface area (Å²) < 4.78 is 61.9. The number of ether oxygens (including phenoxy) is 1. The molecule has 24 nitrogen and oxygen atoms in total. The third kappa shape index (κ3) is 13.7. The highest BCUT2D eigenvalue weighted by atomic mass is 32.2. The molecule has 54 heavy (non-hydrogen) atoms. The highest BCUT2D eigenvalue weighted by Gasteiger charge is 2.50. The zero-order valence-electron chi connectivity index (χ0n) is 28.6. The van der Waals surface area contributed by atoms with Crippen LogP contribution in [0.3, 0.4) is 0 Å². The van der Waals surface area contributed by atoms with Crippen molar-refractivity contribution in [3.8, 4) is 12.3 Å². The van der Waals surface area contributed by atoms with Crippen molar-refractivity contribution in [1.82, 2.24) is 30.2 Å². The molecule has 2 aromatic heterocycles. The number of hydrogen-bond donors (Lipinski definition) is 9. The van der Waals surface area contributed by atoms with Crippen molar-refractivity contribution in [2.24, 2.45) is 5.41 Å². The number of amides is 2. The molecule has 0 aliphatic carbocycles. The predicted octanol–water partition coefficient (Wildman–Crippen LogP) is -0.922. The lowest BCUT2D eigenvalue weighted by atomic mass is 9.87. The molecule has 0 spiro atoms. The van der Waals surface area contributed by atoms with Gasteiger partial charge < -0.3 is 50.9 Å². The number of carbonyl (C=O) groups excluding carboxylic acids is 3. The van der Waals surface area contributed by atoms with E-state index < -0.39 is 84.6 Å². The molecule has 1 saturated heterocycles. The van der Waals surface area contributed by atoms with Gasteiger partial charge in [-0.05, 0) is 0 Å². The zero-order valence-corrected chi connectivity index (χ0v) is 32.1. The first kappa shape index (κ1) is 45.5. The Hall–Kier alpha value is -2.88. The summed E-state index contributed by atoms with van der Waals surface area (Å²) in [5.41, 5.74) is 4.25. The monoisotopic (exact) mass is 847 g/mol. The number of carbonyl (C=O) groups is 3. The minimum Gasteiger partial charge on any atom is -0.386 e.